The van der Waals surface area contributed by atoms with Gasteiger partial charge in [-0.2, -0.15) is 5.10 Å². The van der Waals surface area contributed by atoms with Gasteiger partial charge in [-0.1, -0.05) is 0 Å². The second-order valence-corrected chi connectivity index (χ2v) is 4.54. The summed E-state index contributed by atoms with van der Waals surface area (Å²) in [5.41, 5.74) is 1.17. The maximum absolute atomic E-state index is 13.1. The molecular weight excluding hydrogens is 266 g/mol. The first-order chi connectivity index (χ1) is 9.45. The Morgan fingerprint density at radius 1 is 1.20 bits per heavy atom. The lowest BCUT2D eigenvalue weighted by molar-refractivity contribution is 0.101. The molecule has 6 heteroatoms. The minimum absolute atomic E-state index is 0.00287. The number of fused-ring (bicyclic) bond motifs is 1. The summed E-state index contributed by atoms with van der Waals surface area (Å²) >= 11 is 0. The molecular formula is C14H10F2N2O2. The molecule has 2 heterocycles. The Kier molecular flexibility index (Phi) is 2.67. The van der Waals surface area contributed by atoms with Gasteiger partial charge in [0.1, 0.15) is 11.3 Å². The van der Waals surface area contributed by atoms with E-state index in [-0.39, 0.29) is 17.0 Å². The Morgan fingerprint density at radius 2 is 1.90 bits per heavy atom. The van der Waals surface area contributed by atoms with Crippen LogP contribution in [0.5, 0.6) is 0 Å². The van der Waals surface area contributed by atoms with Gasteiger partial charge in [-0.05, 0) is 25.1 Å². The number of furan rings is 1. The first-order valence-corrected chi connectivity index (χ1v) is 5.89. The van der Waals surface area contributed by atoms with E-state index in [1.807, 2.05) is 6.92 Å². The predicted octanol–water partition coefficient (Wildman–Crippen LogP) is 2.98. The number of rotatable bonds is 2. The van der Waals surface area contributed by atoms with Gasteiger partial charge in [0.25, 0.3) is 0 Å². The summed E-state index contributed by atoms with van der Waals surface area (Å²) in [7, 11) is 1.72. The summed E-state index contributed by atoms with van der Waals surface area (Å²) in [6, 6.07) is 4.92. The molecule has 0 radical (unpaired) electrons. The first-order valence-electron chi connectivity index (χ1n) is 5.89. The molecule has 0 aliphatic carbocycles. The van der Waals surface area contributed by atoms with Gasteiger partial charge in [-0.25, -0.2) is 8.78 Å². The SMILES string of the molecule is Cc1cc(C(=O)c2cc3cc(F)c(F)cc3o2)nn1C. The number of aromatic nitrogens is 2. The van der Waals surface area contributed by atoms with Crippen LogP contribution >= 0.6 is 0 Å². The molecule has 102 valence electrons. The van der Waals surface area contributed by atoms with E-state index in [1.165, 1.54) is 6.07 Å². The predicted molar refractivity (Wildman–Crippen MR) is 67.5 cm³/mol. The maximum atomic E-state index is 13.1. The molecule has 3 aromatic rings. The van der Waals surface area contributed by atoms with Gasteiger partial charge in [-0.15, -0.1) is 0 Å². The van der Waals surface area contributed by atoms with Crippen LogP contribution < -0.4 is 0 Å². The lowest BCUT2D eigenvalue weighted by Crippen LogP contribution is -2.01. The third-order valence-electron chi connectivity index (χ3n) is 3.13. The van der Waals surface area contributed by atoms with Crippen LogP contribution in [0, 0.1) is 18.6 Å². The molecule has 0 N–H and O–H groups in total. The second-order valence-electron chi connectivity index (χ2n) is 4.54. The Labute approximate surface area is 112 Å². The van der Waals surface area contributed by atoms with Crippen molar-refractivity contribution in [2.45, 2.75) is 6.92 Å². The topological polar surface area (TPSA) is 48.0 Å². The van der Waals surface area contributed by atoms with Crippen LogP contribution in [0.2, 0.25) is 0 Å². The summed E-state index contributed by atoms with van der Waals surface area (Å²) in [6.45, 7) is 1.81. The highest BCUT2D eigenvalue weighted by atomic mass is 19.2. The molecule has 0 atom stereocenters. The number of carbonyl (C=O) groups excluding carboxylic acids is 1. The van der Waals surface area contributed by atoms with Crippen LogP contribution in [0.15, 0.2) is 28.7 Å². The zero-order valence-electron chi connectivity index (χ0n) is 10.8. The quantitative estimate of drug-likeness (QED) is 0.676. The van der Waals surface area contributed by atoms with E-state index < -0.39 is 17.4 Å². The molecule has 0 saturated carbocycles. The van der Waals surface area contributed by atoms with E-state index in [9.17, 15) is 13.6 Å². The van der Waals surface area contributed by atoms with Crippen molar-refractivity contribution in [1.29, 1.82) is 0 Å². The minimum atomic E-state index is -1.01. The van der Waals surface area contributed by atoms with Gasteiger partial charge in [0.05, 0.1) is 0 Å². The zero-order chi connectivity index (χ0) is 14.4. The smallest absolute Gasteiger partial charge is 0.248 e. The van der Waals surface area contributed by atoms with Gasteiger partial charge in [0.2, 0.25) is 5.78 Å². The summed E-state index contributed by atoms with van der Waals surface area (Å²) in [5, 5.41) is 4.38. The van der Waals surface area contributed by atoms with Crippen molar-refractivity contribution in [2.75, 3.05) is 0 Å². The zero-order valence-corrected chi connectivity index (χ0v) is 10.8. The summed E-state index contributed by atoms with van der Waals surface area (Å²) in [6.07, 6.45) is 0. The fourth-order valence-electron chi connectivity index (χ4n) is 1.94. The highest BCUT2D eigenvalue weighted by molar-refractivity contribution is 6.07. The average molecular weight is 276 g/mol. The Bertz CT molecular complexity index is 775. The Balaban J connectivity index is 2.08. The molecule has 4 nitrogen and oxygen atoms in total. The standard InChI is InChI=1S/C14H10F2N2O2/c1-7-3-11(17-18(7)2)14(19)13-5-8-4-9(15)10(16)6-12(8)20-13/h3-6H,1-2H3. The molecule has 0 spiro atoms. The molecule has 20 heavy (non-hydrogen) atoms. The number of halogens is 2. The number of carbonyl (C=O) groups is 1. The molecule has 0 saturated heterocycles. The summed E-state index contributed by atoms with van der Waals surface area (Å²) < 4.78 is 33.1. The second kappa shape index (κ2) is 4.26. The van der Waals surface area contributed by atoms with Crippen molar-refractivity contribution >= 4 is 16.8 Å². The van der Waals surface area contributed by atoms with Gasteiger partial charge < -0.3 is 4.42 Å². The van der Waals surface area contributed by atoms with E-state index in [2.05, 4.69) is 5.10 Å². The molecule has 3 rings (SSSR count). The van der Waals surface area contributed by atoms with Crippen molar-refractivity contribution in [1.82, 2.24) is 9.78 Å². The highest BCUT2D eigenvalue weighted by Gasteiger charge is 2.19. The molecule has 0 bridgehead atoms. The average Bonchev–Trinajstić information content (AvgIpc) is 2.94. The third kappa shape index (κ3) is 1.89. The van der Waals surface area contributed by atoms with Gasteiger partial charge >= 0.3 is 0 Å². The summed E-state index contributed by atoms with van der Waals surface area (Å²) in [5.74, 6) is -2.42. The molecule has 0 aliphatic heterocycles. The molecule has 0 fully saturated rings. The van der Waals surface area contributed by atoms with Crippen molar-refractivity contribution in [3.63, 3.8) is 0 Å². The van der Waals surface area contributed by atoms with E-state index in [0.29, 0.717) is 5.39 Å². The van der Waals surface area contributed by atoms with Crippen LogP contribution in [-0.2, 0) is 7.05 Å². The minimum Gasteiger partial charge on any atom is -0.452 e. The lowest BCUT2D eigenvalue weighted by atomic mass is 10.2. The van der Waals surface area contributed by atoms with Gasteiger partial charge in [0, 0.05) is 24.2 Å². The highest BCUT2D eigenvalue weighted by Crippen LogP contribution is 2.24. The molecule has 0 amide bonds. The van der Waals surface area contributed by atoms with Crippen LogP contribution in [-0.4, -0.2) is 15.6 Å². The summed E-state index contributed by atoms with van der Waals surface area (Å²) in [4.78, 5) is 12.2. The number of ketones is 1. The monoisotopic (exact) mass is 276 g/mol. The first kappa shape index (κ1) is 12.5. The van der Waals surface area contributed by atoms with Crippen LogP contribution in [0.1, 0.15) is 21.9 Å². The van der Waals surface area contributed by atoms with Crippen LogP contribution in [0.4, 0.5) is 8.78 Å². The van der Waals surface area contributed by atoms with Crippen molar-refractivity contribution < 1.29 is 18.0 Å². The Morgan fingerprint density at radius 3 is 2.55 bits per heavy atom. The normalized spacial score (nSPS) is 11.2. The Hall–Kier alpha value is -2.50. The lowest BCUT2D eigenvalue weighted by Gasteiger charge is -1.92. The van der Waals surface area contributed by atoms with Crippen molar-refractivity contribution in [3.05, 3.63) is 53.0 Å². The number of nitrogens with zero attached hydrogens (tertiary/aromatic N) is 2. The number of hydrogen-bond acceptors (Lipinski definition) is 3. The van der Waals surface area contributed by atoms with Crippen LogP contribution in [0.3, 0.4) is 0 Å². The van der Waals surface area contributed by atoms with Crippen molar-refractivity contribution in [3.8, 4) is 0 Å². The fourth-order valence-corrected chi connectivity index (χ4v) is 1.94. The van der Waals surface area contributed by atoms with E-state index in [1.54, 1.807) is 17.8 Å². The third-order valence-corrected chi connectivity index (χ3v) is 3.13. The fraction of sp³-hybridized carbons (Fsp3) is 0.143. The number of hydrogen-bond donors (Lipinski definition) is 0. The largest absolute Gasteiger partial charge is 0.452 e. The van der Waals surface area contributed by atoms with Gasteiger partial charge in [0.15, 0.2) is 17.4 Å². The van der Waals surface area contributed by atoms with E-state index in [0.717, 1.165) is 17.8 Å². The molecule has 1 aromatic carbocycles. The van der Waals surface area contributed by atoms with E-state index >= 15 is 0 Å². The van der Waals surface area contributed by atoms with E-state index in [4.69, 9.17) is 4.42 Å². The van der Waals surface area contributed by atoms with Crippen molar-refractivity contribution in [2.24, 2.45) is 7.05 Å². The molecule has 2 aromatic heterocycles. The molecule has 0 unspecified atom stereocenters. The number of benzene rings is 1. The number of aryl methyl sites for hydroxylation is 2. The van der Waals surface area contributed by atoms with Crippen LogP contribution in [0.25, 0.3) is 11.0 Å². The van der Waals surface area contributed by atoms with Gasteiger partial charge in [-0.3, -0.25) is 9.48 Å². The molecule has 0 aliphatic rings. The maximum Gasteiger partial charge on any atom is 0.248 e.